The van der Waals surface area contributed by atoms with Gasteiger partial charge in [-0.25, -0.2) is 4.39 Å². The van der Waals surface area contributed by atoms with E-state index in [0.717, 1.165) is 27.9 Å². The van der Waals surface area contributed by atoms with E-state index in [2.05, 4.69) is 16.0 Å². The summed E-state index contributed by atoms with van der Waals surface area (Å²) in [7, 11) is 0. The molecule has 6 heteroatoms. The summed E-state index contributed by atoms with van der Waals surface area (Å²) < 4.78 is 15.1. The van der Waals surface area contributed by atoms with Gasteiger partial charge in [0, 0.05) is 29.7 Å². The van der Waals surface area contributed by atoms with Crippen molar-refractivity contribution < 1.29 is 9.23 Å². The molecule has 4 aromatic rings. The molecule has 0 fully saturated rings. The molecule has 0 aliphatic rings. The molecule has 3 aromatic heterocycles. The van der Waals surface area contributed by atoms with Gasteiger partial charge in [0.1, 0.15) is 22.9 Å². The van der Waals surface area contributed by atoms with Gasteiger partial charge in [0.25, 0.3) is 0 Å². The number of fused-ring (bicyclic) bond motifs is 1. The lowest BCUT2D eigenvalue weighted by atomic mass is 10.0. The molecule has 132 valence electrons. The maximum Gasteiger partial charge on any atom is 0.207 e. The summed E-state index contributed by atoms with van der Waals surface area (Å²) in [6, 6.07) is 15.7. The molecule has 0 saturated carbocycles. The van der Waals surface area contributed by atoms with E-state index < -0.39 is 6.10 Å². The van der Waals surface area contributed by atoms with Crippen LogP contribution in [-0.2, 0) is 0 Å². The Hall–Kier alpha value is -3.72. The van der Waals surface area contributed by atoms with Gasteiger partial charge in [0.15, 0.2) is 0 Å². The van der Waals surface area contributed by atoms with Crippen molar-refractivity contribution in [2.75, 3.05) is 0 Å². The molecule has 0 spiro atoms. The van der Waals surface area contributed by atoms with Crippen molar-refractivity contribution in [1.82, 2.24) is 14.7 Å². The fourth-order valence-electron chi connectivity index (χ4n) is 3.04. The van der Waals surface area contributed by atoms with Crippen LogP contribution in [0.5, 0.6) is 0 Å². The van der Waals surface area contributed by atoms with Gasteiger partial charge in [0.2, 0.25) is 6.10 Å². The molecule has 0 N–H and O–H groups in total. The molecule has 1 unspecified atom stereocenters. The third-order valence-electron chi connectivity index (χ3n) is 4.21. The highest BCUT2D eigenvalue weighted by Crippen LogP contribution is 2.39. The second-order valence-corrected chi connectivity index (χ2v) is 6.01. The zero-order valence-electron chi connectivity index (χ0n) is 14.5. The van der Waals surface area contributed by atoms with Crippen LogP contribution >= 0.6 is 0 Å². The Labute approximate surface area is 155 Å². The monoisotopic (exact) mass is 358 g/mol. The molecular weight excluding hydrogens is 343 g/mol. The quantitative estimate of drug-likeness (QED) is 0.547. The number of benzene rings is 1. The summed E-state index contributed by atoms with van der Waals surface area (Å²) in [5, 5.41) is 9.23. The highest BCUT2D eigenvalue weighted by molar-refractivity contribution is 6.02. The van der Waals surface area contributed by atoms with E-state index in [4.69, 9.17) is 4.84 Å². The van der Waals surface area contributed by atoms with E-state index in [1.54, 1.807) is 42.4 Å². The van der Waals surface area contributed by atoms with Gasteiger partial charge in [-0.3, -0.25) is 9.97 Å². The molecule has 1 atom stereocenters. The lowest BCUT2D eigenvalue weighted by molar-refractivity contribution is 0.0936. The van der Waals surface area contributed by atoms with Crippen molar-refractivity contribution >= 4 is 11.0 Å². The van der Waals surface area contributed by atoms with Crippen LogP contribution in [0.15, 0.2) is 67.1 Å². The summed E-state index contributed by atoms with van der Waals surface area (Å²) in [6.45, 7) is 1.68. The van der Waals surface area contributed by atoms with Crippen LogP contribution in [0, 0.1) is 17.1 Å². The fraction of sp³-hybridized carbons (Fsp3) is 0.0952. The van der Waals surface area contributed by atoms with Crippen LogP contribution in [0.4, 0.5) is 4.39 Å². The topological polar surface area (TPSA) is 63.7 Å². The van der Waals surface area contributed by atoms with Gasteiger partial charge in [-0.1, -0.05) is 12.1 Å². The van der Waals surface area contributed by atoms with Crippen LogP contribution in [0.25, 0.3) is 33.4 Å². The van der Waals surface area contributed by atoms with Crippen molar-refractivity contribution in [1.29, 1.82) is 5.26 Å². The first kappa shape index (κ1) is 16.7. The number of hydrogen-bond donors (Lipinski definition) is 0. The fourth-order valence-corrected chi connectivity index (χ4v) is 3.04. The van der Waals surface area contributed by atoms with Crippen molar-refractivity contribution in [3.63, 3.8) is 0 Å². The van der Waals surface area contributed by atoms with Crippen LogP contribution in [0.3, 0.4) is 0 Å². The van der Waals surface area contributed by atoms with Crippen LogP contribution in [-0.4, -0.2) is 20.8 Å². The molecule has 27 heavy (non-hydrogen) atoms. The number of hydrogen-bond acceptors (Lipinski definition) is 4. The Morgan fingerprint density at radius 2 is 1.78 bits per heavy atom. The zero-order valence-corrected chi connectivity index (χ0v) is 14.5. The van der Waals surface area contributed by atoms with Crippen LogP contribution < -0.4 is 4.84 Å². The van der Waals surface area contributed by atoms with Crippen LogP contribution in [0.2, 0.25) is 0 Å². The minimum absolute atomic E-state index is 0.310. The number of pyridine rings is 2. The number of nitrogens with zero attached hydrogens (tertiary/aromatic N) is 4. The van der Waals surface area contributed by atoms with Crippen molar-refractivity contribution in [3.05, 3.63) is 72.9 Å². The summed E-state index contributed by atoms with van der Waals surface area (Å²) in [4.78, 5) is 14.5. The highest BCUT2D eigenvalue weighted by Gasteiger charge is 2.23. The molecule has 4 rings (SSSR count). The number of rotatable bonds is 4. The van der Waals surface area contributed by atoms with Gasteiger partial charge < -0.3 is 4.84 Å². The van der Waals surface area contributed by atoms with Crippen molar-refractivity contribution in [2.45, 2.75) is 13.0 Å². The average Bonchev–Trinajstić information content (AvgIpc) is 3.03. The van der Waals surface area contributed by atoms with Gasteiger partial charge in [-0.05, 0) is 48.9 Å². The summed E-state index contributed by atoms with van der Waals surface area (Å²) in [5.41, 5.74) is 4.64. The van der Waals surface area contributed by atoms with Crippen LogP contribution in [0.1, 0.15) is 6.92 Å². The minimum Gasteiger partial charge on any atom is -0.395 e. The van der Waals surface area contributed by atoms with Gasteiger partial charge in [-0.15, -0.1) is 0 Å². The summed E-state index contributed by atoms with van der Waals surface area (Å²) in [5.74, 6) is -0.310. The first-order chi connectivity index (χ1) is 13.2. The maximum absolute atomic E-state index is 13.5. The van der Waals surface area contributed by atoms with Gasteiger partial charge in [0.05, 0.1) is 5.69 Å². The largest absolute Gasteiger partial charge is 0.395 e. The molecule has 0 radical (unpaired) electrons. The smallest absolute Gasteiger partial charge is 0.207 e. The molecule has 0 bridgehead atoms. The van der Waals surface area contributed by atoms with Gasteiger partial charge >= 0.3 is 0 Å². The van der Waals surface area contributed by atoms with E-state index in [-0.39, 0.29) is 5.82 Å². The van der Waals surface area contributed by atoms with E-state index in [1.165, 1.54) is 12.1 Å². The molecule has 3 heterocycles. The Kier molecular flexibility index (Phi) is 4.27. The van der Waals surface area contributed by atoms with Crippen molar-refractivity contribution in [3.8, 4) is 28.5 Å². The molecule has 0 aliphatic carbocycles. The maximum atomic E-state index is 13.5. The lowest BCUT2D eigenvalue weighted by Gasteiger charge is -2.14. The van der Waals surface area contributed by atoms with E-state index >= 15 is 0 Å². The predicted octanol–water partition coefficient (Wildman–Crippen LogP) is 4.25. The third kappa shape index (κ3) is 3.00. The first-order valence-corrected chi connectivity index (χ1v) is 8.41. The minimum atomic E-state index is -0.664. The van der Waals surface area contributed by atoms with Crippen molar-refractivity contribution in [2.24, 2.45) is 0 Å². The molecular formula is C21H15FN4O. The Morgan fingerprint density at radius 3 is 2.48 bits per heavy atom. The second kappa shape index (κ2) is 6.89. The number of nitriles is 1. The Bertz CT molecular complexity index is 1130. The van der Waals surface area contributed by atoms with E-state index in [0.29, 0.717) is 5.52 Å². The summed E-state index contributed by atoms with van der Waals surface area (Å²) in [6.07, 6.45) is 4.41. The lowest BCUT2D eigenvalue weighted by Crippen LogP contribution is -2.21. The molecule has 0 aliphatic heterocycles. The molecule has 1 aromatic carbocycles. The number of halogens is 1. The highest BCUT2D eigenvalue weighted by atomic mass is 19.1. The Balaban J connectivity index is 2.09. The SMILES string of the molecule is CC(C#N)On1c(-c2ccncc2)c(-c2ccc(F)cc2)c2ncccc21. The molecule has 0 amide bonds. The number of aromatic nitrogens is 3. The Morgan fingerprint density at radius 1 is 1.04 bits per heavy atom. The third-order valence-corrected chi connectivity index (χ3v) is 4.21. The standard InChI is InChI=1S/C21H15FN4O/c1-14(13-23)27-26-18-3-2-10-25-20(18)19(15-4-6-17(22)7-5-15)21(26)16-8-11-24-12-9-16/h2-12,14H,1H3. The van der Waals surface area contributed by atoms with E-state index in [1.807, 2.05) is 24.3 Å². The normalized spacial score (nSPS) is 11.9. The van der Waals surface area contributed by atoms with E-state index in [9.17, 15) is 9.65 Å². The molecule has 0 saturated heterocycles. The zero-order chi connectivity index (χ0) is 18.8. The predicted molar refractivity (Wildman–Crippen MR) is 100 cm³/mol. The second-order valence-electron chi connectivity index (χ2n) is 6.01. The average molecular weight is 358 g/mol. The summed E-state index contributed by atoms with van der Waals surface area (Å²) >= 11 is 0. The first-order valence-electron chi connectivity index (χ1n) is 8.41. The van der Waals surface area contributed by atoms with Gasteiger partial charge in [-0.2, -0.15) is 9.99 Å². The molecule has 5 nitrogen and oxygen atoms in total.